The molecule has 0 unspecified atom stereocenters. The number of pyridine rings is 1. The van der Waals surface area contributed by atoms with Gasteiger partial charge in [-0.05, 0) is 49.0 Å². The standard InChI is InChI=1S/C22H18F4N4O3S/c1-27-11-14-13-30(34(31,32)17-3-2-8-28-12-17)21-9-15(4-6-18(14)21)29-20-7-5-16(10-19(20)23)33-22(24,25)26/h2-10,12-13,27,29H,11H2,1H3. The smallest absolute Gasteiger partial charge is 0.406 e. The third-order valence-electron chi connectivity index (χ3n) is 4.87. The number of aromatic nitrogens is 2. The zero-order chi connectivity index (χ0) is 24.5. The van der Waals surface area contributed by atoms with Crippen LogP contribution in [0.3, 0.4) is 0 Å². The van der Waals surface area contributed by atoms with Crippen molar-refractivity contribution in [1.29, 1.82) is 0 Å². The van der Waals surface area contributed by atoms with Crippen molar-refractivity contribution in [2.24, 2.45) is 0 Å². The van der Waals surface area contributed by atoms with Gasteiger partial charge in [-0.1, -0.05) is 6.07 Å². The molecule has 0 radical (unpaired) electrons. The van der Waals surface area contributed by atoms with E-state index in [0.717, 1.165) is 21.7 Å². The average molecular weight is 494 g/mol. The van der Waals surface area contributed by atoms with Gasteiger partial charge in [-0.2, -0.15) is 0 Å². The van der Waals surface area contributed by atoms with Gasteiger partial charge in [0, 0.05) is 42.3 Å². The minimum atomic E-state index is -4.94. The summed E-state index contributed by atoms with van der Waals surface area (Å²) < 4.78 is 82.8. The van der Waals surface area contributed by atoms with Crippen LogP contribution >= 0.6 is 0 Å². The van der Waals surface area contributed by atoms with E-state index in [2.05, 4.69) is 20.4 Å². The number of rotatable bonds is 7. The van der Waals surface area contributed by atoms with Gasteiger partial charge in [0.1, 0.15) is 16.5 Å². The van der Waals surface area contributed by atoms with Crippen LogP contribution in [0.15, 0.2) is 72.0 Å². The van der Waals surface area contributed by atoms with Crippen molar-refractivity contribution >= 4 is 32.3 Å². The molecular formula is C22H18F4N4O3S. The molecule has 4 rings (SSSR count). The molecule has 2 aromatic carbocycles. The van der Waals surface area contributed by atoms with Crippen LogP contribution < -0.4 is 15.4 Å². The molecule has 0 aliphatic heterocycles. The maximum atomic E-state index is 14.4. The van der Waals surface area contributed by atoms with E-state index in [9.17, 15) is 26.0 Å². The molecule has 2 aromatic heterocycles. The van der Waals surface area contributed by atoms with Crippen molar-refractivity contribution in [3.63, 3.8) is 0 Å². The molecule has 2 heterocycles. The molecule has 0 saturated carbocycles. The summed E-state index contributed by atoms with van der Waals surface area (Å²) in [6.45, 7) is 0.397. The fourth-order valence-corrected chi connectivity index (χ4v) is 4.78. The summed E-state index contributed by atoms with van der Waals surface area (Å²) in [4.78, 5) is 3.87. The maximum absolute atomic E-state index is 14.4. The van der Waals surface area contributed by atoms with Crippen molar-refractivity contribution in [3.05, 3.63) is 78.5 Å². The average Bonchev–Trinajstić information content (AvgIpc) is 3.14. The van der Waals surface area contributed by atoms with E-state index in [-0.39, 0.29) is 10.6 Å². The Morgan fingerprint density at radius 3 is 2.56 bits per heavy atom. The van der Waals surface area contributed by atoms with Crippen LogP contribution in [-0.4, -0.2) is 30.8 Å². The SMILES string of the molecule is CNCc1cn(S(=O)(=O)c2cccnc2)c2cc(Nc3ccc(OC(F)(F)F)cc3F)ccc12. The highest BCUT2D eigenvalue weighted by Gasteiger charge is 2.31. The van der Waals surface area contributed by atoms with Gasteiger partial charge in [0.05, 0.1) is 11.2 Å². The Morgan fingerprint density at radius 2 is 1.91 bits per heavy atom. The second kappa shape index (κ2) is 8.95. The van der Waals surface area contributed by atoms with Gasteiger partial charge in [-0.15, -0.1) is 13.2 Å². The lowest BCUT2D eigenvalue weighted by atomic mass is 10.1. The number of ether oxygens (including phenoxy) is 1. The van der Waals surface area contributed by atoms with E-state index in [4.69, 9.17) is 0 Å². The quantitative estimate of drug-likeness (QED) is 0.360. The maximum Gasteiger partial charge on any atom is 0.573 e. The number of benzene rings is 2. The Labute approximate surface area is 192 Å². The van der Waals surface area contributed by atoms with Crippen molar-refractivity contribution in [2.45, 2.75) is 17.8 Å². The topological polar surface area (TPSA) is 85.2 Å². The largest absolute Gasteiger partial charge is 0.573 e. The molecule has 34 heavy (non-hydrogen) atoms. The van der Waals surface area contributed by atoms with E-state index in [1.165, 1.54) is 36.8 Å². The highest BCUT2D eigenvalue weighted by atomic mass is 32.2. The van der Waals surface area contributed by atoms with Crippen LogP contribution in [0.5, 0.6) is 5.75 Å². The van der Waals surface area contributed by atoms with Crippen LogP contribution in [0, 0.1) is 5.82 Å². The third-order valence-corrected chi connectivity index (χ3v) is 6.52. The highest BCUT2D eigenvalue weighted by molar-refractivity contribution is 7.90. The first-order valence-electron chi connectivity index (χ1n) is 9.85. The van der Waals surface area contributed by atoms with Crippen LogP contribution in [0.4, 0.5) is 28.9 Å². The molecule has 178 valence electrons. The molecule has 0 amide bonds. The van der Waals surface area contributed by atoms with E-state index < -0.39 is 28.0 Å². The summed E-state index contributed by atoms with van der Waals surface area (Å²) in [5.74, 6) is -1.67. The van der Waals surface area contributed by atoms with E-state index in [1.807, 2.05) is 0 Å². The van der Waals surface area contributed by atoms with Gasteiger partial charge >= 0.3 is 6.36 Å². The molecule has 2 N–H and O–H groups in total. The Morgan fingerprint density at radius 1 is 1.12 bits per heavy atom. The predicted molar refractivity (Wildman–Crippen MR) is 118 cm³/mol. The summed E-state index contributed by atoms with van der Waals surface area (Å²) >= 11 is 0. The number of hydrogen-bond acceptors (Lipinski definition) is 6. The van der Waals surface area contributed by atoms with Crippen LogP contribution in [0.1, 0.15) is 5.56 Å². The fraction of sp³-hybridized carbons (Fsp3) is 0.136. The Hall–Kier alpha value is -3.64. The summed E-state index contributed by atoms with van der Waals surface area (Å²) in [6.07, 6.45) is -0.748. The normalized spacial score (nSPS) is 12.1. The lowest BCUT2D eigenvalue weighted by Crippen LogP contribution is -2.17. The minimum absolute atomic E-state index is 0.00688. The first-order valence-corrected chi connectivity index (χ1v) is 11.3. The third kappa shape index (κ3) is 4.82. The lowest BCUT2D eigenvalue weighted by molar-refractivity contribution is -0.274. The molecule has 7 nitrogen and oxygen atoms in total. The van der Waals surface area contributed by atoms with E-state index >= 15 is 0 Å². The van der Waals surface area contributed by atoms with E-state index in [0.29, 0.717) is 29.2 Å². The molecule has 12 heteroatoms. The van der Waals surface area contributed by atoms with Crippen LogP contribution in [0.2, 0.25) is 0 Å². The van der Waals surface area contributed by atoms with Crippen LogP contribution in [0.25, 0.3) is 10.9 Å². The number of halogens is 4. The number of fused-ring (bicyclic) bond motifs is 1. The Balaban J connectivity index is 1.74. The first-order chi connectivity index (χ1) is 16.1. The van der Waals surface area contributed by atoms with Crippen molar-refractivity contribution in [3.8, 4) is 5.75 Å². The summed E-state index contributed by atoms with van der Waals surface area (Å²) in [5, 5.41) is 6.41. The van der Waals surface area contributed by atoms with Crippen molar-refractivity contribution in [1.82, 2.24) is 14.3 Å². The van der Waals surface area contributed by atoms with Gasteiger partial charge in [0.15, 0.2) is 0 Å². The minimum Gasteiger partial charge on any atom is -0.406 e. The first kappa shape index (κ1) is 23.5. The van der Waals surface area contributed by atoms with Crippen molar-refractivity contribution in [2.75, 3.05) is 12.4 Å². The number of nitrogens with zero attached hydrogens (tertiary/aromatic N) is 2. The fourth-order valence-electron chi connectivity index (χ4n) is 3.44. The summed E-state index contributed by atoms with van der Waals surface area (Å²) in [6, 6.07) is 10.4. The monoisotopic (exact) mass is 494 g/mol. The van der Waals surface area contributed by atoms with Gasteiger partial charge in [0.25, 0.3) is 10.0 Å². The number of anilines is 2. The summed E-state index contributed by atoms with van der Waals surface area (Å²) in [7, 11) is -2.26. The number of alkyl halides is 3. The highest BCUT2D eigenvalue weighted by Crippen LogP contribution is 2.31. The molecule has 0 saturated heterocycles. The lowest BCUT2D eigenvalue weighted by Gasteiger charge is -2.12. The molecule has 0 aliphatic carbocycles. The molecule has 0 atom stereocenters. The van der Waals surface area contributed by atoms with Crippen molar-refractivity contribution < 1.29 is 30.7 Å². The molecule has 4 aromatic rings. The van der Waals surface area contributed by atoms with E-state index in [1.54, 1.807) is 19.2 Å². The molecule has 0 aliphatic rings. The Bertz CT molecular complexity index is 1440. The van der Waals surface area contributed by atoms with Gasteiger partial charge in [0.2, 0.25) is 0 Å². The van der Waals surface area contributed by atoms with Gasteiger partial charge in [-0.25, -0.2) is 16.8 Å². The molecule has 0 spiro atoms. The zero-order valence-electron chi connectivity index (χ0n) is 17.6. The summed E-state index contributed by atoms with van der Waals surface area (Å²) in [5.41, 5.74) is 1.26. The number of nitrogens with one attached hydrogen (secondary N) is 2. The molecular weight excluding hydrogens is 476 g/mol. The number of hydrogen-bond donors (Lipinski definition) is 2. The predicted octanol–water partition coefficient (Wildman–Crippen LogP) is 4.77. The zero-order valence-corrected chi connectivity index (χ0v) is 18.4. The second-order valence-corrected chi connectivity index (χ2v) is 9.04. The molecule has 0 bridgehead atoms. The van der Waals surface area contributed by atoms with Gasteiger partial charge in [-0.3, -0.25) is 4.98 Å². The van der Waals surface area contributed by atoms with Gasteiger partial charge < -0.3 is 15.4 Å². The van der Waals surface area contributed by atoms with Crippen LogP contribution in [-0.2, 0) is 16.6 Å². The second-order valence-electron chi connectivity index (χ2n) is 7.22. The molecule has 0 fully saturated rings. The Kier molecular flexibility index (Phi) is 6.19.